The van der Waals surface area contributed by atoms with Gasteiger partial charge in [-0.25, -0.2) is 9.67 Å². The Morgan fingerprint density at radius 2 is 1.84 bits per heavy atom. The highest BCUT2D eigenvalue weighted by Gasteiger charge is 2.26. The lowest BCUT2D eigenvalue weighted by Crippen LogP contribution is -2.37. The second kappa shape index (κ2) is 8.25. The summed E-state index contributed by atoms with van der Waals surface area (Å²) in [5.41, 5.74) is 1.45. The van der Waals surface area contributed by atoms with Crippen molar-refractivity contribution in [1.82, 2.24) is 20.1 Å². The number of aliphatic hydroxyl groups excluding tert-OH is 1. The Labute approximate surface area is 149 Å². The first-order valence-electron chi connectivity index (χ1n) is 8.84. The summed E-state index contributed by atoms with van der Waals surface area (Å²) >= 11 is 0. The highest BCUT2D eigenvalue weighted by molar-refractivity contribution is 5.94. The van der Waals surface area contributed by atoms with E-state index in [0.29, 0.717) is 18.5 Å². The van der Waals surface area contributed by atoms with Gasteiger partial charge in [-0.1, -0.05) is 13.8 Å². The van der Waals surface area contributed by atoms with Crippen LogP contribution in [-0.2, 0) is 0 Å². The molecule has 0 atom stereocenters. The SMILES string of the molecule is CCC(CC)(CCO)CNC(=O)c1ccc(-n2nc(C)nc2C)cc1. The summed E-state index contributed by atoms with van der Waals surface area (Å²) in [6.07, 6.45) is 2.55. The summed E-state index contributed by atoms with van der Waals surface area (Å²) in [5.74, 6) is 1.44. The number of aliphatic hydroxyl groups is 1. The molecule has 1 aromatic carbocycles. The van der Waals surface area contributed by atoms with Gasteiger partial charge in [0, 0.05) is 18.7 Å². The zero-order valence-corrected chi connectivity index (χ0v) is 15.5. The Hall–Kier alpha value is -2.21. The van der Waals surface area contributed by atoms with Gasteiger partial charge in [-0.2, -0.15) is 5.10 Å². The highest BCUT2D eigenvalue weighted by atomic mass is 16.3. The zero-order valence-electron chi connectivity index (χ0n) is 15.5. The van der Waals surface area contributed by atoms with E-state index in [1.165, 1.54) is 0 Å². The molecule has 1 aromatic heterocycles. The molecule has 0 spiro atoms. The number of rotatable bonds is 8. The second-order valence-electron chi connectivity index (χ2n) is 6.53. The van der Waals surface area contributed by atoms with Crippen molar-refractivity contribution in [3.05, 3.63) is 41.5 Å². The van der Waals surface area contributed by atoms with Crippen LogP contribution in [0.1, 0.15) is 55.1 Å². The first-order valence-corrected chi connectivity index (χ1v) is 8.84. The predicted octanol–water partition coefficient (Wildman–Crippen LogP) is 2.80. The van der Waals surface area contributed by atoms with E-state index in [1.807, 2.05) is 26.0 Å². The van der Waals surface area contributed by atoms with Gasteiger partial charge >= 0.3 is 0 Å². The fourth-order valence-electron chi connectivity index (χ4n) is 3.07. The zero-order chi connectivity index (χ0) is 18.4. The van der Waals surface area contributed by atoms with E-state index in [2.05, 4.69) is 29.2 Å². The van der Waals surface area contributed by atoms with E-state index >= 15 is 0 Å². The first-order chi connectivity index (χ1) is 11.9. The topological polar surface area (TPSA) is 80.0 Å². The molecule has 1 amide bonds. The van der Waals surface area contributed by atoms with Gasteiger partial charge in [0.2, 0.25) is 0 Å². The summed E-state index contributed by atoms with van der Waals surface area (Å²) in [7, 11) is 0. The van der Waals surface area contributed by atoms with Crippen molar-refractivity contribution in [3.63, 3.8) is 0 Å². The lowest BCUT2D eigenvalue weighted by Gasteiger charge is -2.31. The van der Waals surface area contributed by atoms with Crippen molar-refractivity contribution >= 4 is 5.91 Å². The number of aromatic nitrogens is 3. The Bertz CT molecular complexity index is 703. The van der Waals surface area contributed by atoms with Gasteiger partial charge < -0.3 is 10.4 Å². The lowest BCUT2D eigenvalue weighted by molar-refractivity contribution is 0.0907. The minimum Gasteiger partial charge on any atom is -0.396 e. The Morgan fingerprint density at radius 1 is 1.20 bits per heavy atom. The number of amides is 1. The van der Waals surface area contributed by atoms with Crippen molar-refractivity contribution < 1.29 is 9.90 Å². The summed E-state index contributed by atoms with van der Waals surface area (Å²) in [6, 6.07) is 7.34. The summed E-state index contributed by atoms with van der Waals surface area (Å²) in [4.78, 5) is 16.7. The van der Waals surface area contributed by atoms with Crippen molar-refractivity contribution in [2.45, 2.75) is 47.0 Å². The van der Waals surface area contributed by atoms with E-state index in [4.69, 9.17) is 0 Å². The Morgan fingerprint density at radius 3 is 2.32 bits per heavy atom. The van der Waals surface area contributed by atoms with Gasteiger partial charge in [0.25, 0.3) is 5.91 Å². The molecule has 6 nitrogen and oxygen atoms in total. The minimum absolute atomic E-state index is 0.0419. The smallest absolute Gasteiger partial charge is 0.251 e. The van der Waals surface area contributed by atoms with Gasteiger partial charge in [-0.3, -0.25) is 4.79 Å². The summed E-state index contributed by atoms with van der Waals surface area (Å²) in [5, 5.41) is 16.6. The van der Waals surface area contributed by atoms with E-state index < -0.39 is 0 Å². The summed E-state index contributed by atoms with van der Waals surface area (Å²) in [6.45, 7) is 8.67. The maximum atomic E-state index is 12.4. The summed E-state index contributed by atoms with van der Waals surface area (Å²) < 4.78 is 1.76. The quantitative estimate of drug-likeness (QED) is 0.772. The number of nitrogens with zero attached hydrogens (tertiary/aromatic N) is 3. The maximum Gasteiger partial charge on any atom is 0.251 e. The van der Waals surface area contributed by atoms with Crippen LogP contribution in [0.5, 0.6) is 0 Å². The molecular weight excluding hydrogens is 316 g/mol. The van der Waals surface area contributed by atoms with Crippen LogP contribution in [0.3, 0.4) is 0 Å². The number of nitrogens with one attached hydrogen (secondary N) is 1. The van der Waals surface area contributed by atoms with Crippen LogP contribution in [0.25, 0.3) is 5.69 Å². The van der Waals surface area contributed by atoms with Crippen molar-refractivity contribution in [1.29, 1.82) is 0 Å². The molecule has 0 aliphatic rings. The van der Waals surface area contributed by atoms with Crippen LogP contribution < -0.4 is 5.32 Å². The van der Waals surface area contributed by atoms with Gasteiger partial charge in [0.15, 0.2) is 0 Å². The predicted molar refractivity (Wildman–Crippen MR) is 97.9 cm³/mol. The molecule has 2 N–H and O–H groups in total. The average Bonchev–Trinajstić information content (AvgIpc) is 2.97. The van der Waals surface area contributed by atoms with Crippen LogP contribution in [0.2, 0.25) is 0 Å². The van der Waals surface area contributed by atoms with Crippen molar-refractivity contribution in [2.75, 3.05) is 13.2 Å². The average molecular weight is 344 g/mol. The molecule has 1 heterocycles. The van der Waals surface area contributed by atoms with Crippen LogP contribution in [0.4, 0.5) is 0 Å². The fourth-order valence-corrected chi connectivity index (χ4v) is 3.07. The third-order valence-electron chi connectivity index (χ3n) is 5.01. The molecule has 0 saturated carbocycles. The Balaban J connectivity index is 2.06. The molecule has 6 heteroatoms. The molecule has 0 fully saturated rings. The van der Waals surface area contributed by atoms with Gasteiger partial charge in [-0.05, 0) is 62.8 Å². The third-order valence-corrected chi connectivity index (χ3v) is 5.01. The third kappa shape index (κ3) is 4.45. The van der Waals surface area contributed by atoms with Crippen molar-refractivity contribution in [3.8, 4) is 5.69 Å². The van der Waals surface area contributed by atoms with Crippen LogP contribution >= 0.6 is 0 Å². The number of hydrogen-bond acceptors (Lipinski definition) is 4. The largest absolute Gasteiger partial charge is 0.396 e. The molecular formula is C19H28N4O2. The first kappa shape index (κ1) is 19.1. The van der Waals surface area contributed by atoms with Gasteiger partial charge in [0.1, 0.15) is 11.6 Å². The van der Waals surface area contributed by atoms with E-state index in [-0.39, 0.29) is 17.9 Å². The van der Waals surface area contributed by atoms with Gasteiger partial charge in [0.05, 0.1) is 5.69 Å². The molecule has 0 unspecified atom stereocenters. The second-order valence-corrected chi connectivity index (χ2v) is 6.53. The van der Waals surface area contributed by atoms with E-state index in [0.717, 1.165) is 30.2 Å². The molecule has 0 aliphatic carbocycles. The molecule has 0 bridgehead atoms. The molecule has 0 radical (unpaired) electrons. The van der Waals surface area contributed by atoms with Crippen LogP contribution in [-0.4, -0.2) is 38.9 Å². The van der Waals surface area contributed by atoms with Crippen molar-refractivity contribution in [2.24, 2.45) is 5.41 Å². The van der Waals surface area contributed by atoms with Crippen LogP contribution in [0, 0.1) is 19.3 Å². The number of benzene rings is 1. The van der Waals surface area contributed by atoms with E-state index in [9.17, 15) is 9.90 Å². The van der Waals surface area contributed by atoms with E-state index in [1.54, 1.807) is 16.8 Å². The number of aryl methyl sites for hydroxylation is 2. The maximum absolute atomic E-state index is 12.4. The molecule has 2 rings (SSSR count). The molecule has 0 aliphatic heterocycles. The fraction of sp³-hybridized carbons (Fsp3) is 0.526. The molecule has 2 aromatic rings. The number of hydrogen-bond donors (Lipinski definition) is 2. The normalized spacial score (nSPS) is 11.6. The highest BCUT2D eigenvalue weighted by Crippen LogP contribution is 2.29. The molecule has 136 valence electrons. The van der Waals surface area contributed by atoms with Gasteiger partial charge in [-0.15, -0.1) is 0 Å². The molecule has 25 heavy (non-hydrogen) atoms. The molecule has 0 saturated heterocycles. The minimum atomic E-state index is -0.0951. The van der Waals surface area contributed by atoms with Crippen LogP contribution in [0.15, 0.2) is 24.3 Å². The number of carbonyl (C=O) groups excluding carboxylic acids is 1. The Kier molecular flexibility index (Phi) is 6.31. The monoisotopic (exact) mass is 344 g/mol. The lowest BCUT2D eigenvalue weighted by atomic mass is 9.79. The standard InChI is InChI=1S/C19H28N4O2/c1-5-19(6-2,11-12-24)13-20-18(25)16-7-9-17(10-8-16)23-15(4)21-14(3)22-23/h7-10,24H,5-6,11-13H2,1-4H3,(H,20,25). The number of carbonyl (C=O) groups is 1.